The molecule has 2 amide bonds. The van der Waals surface area contributed by atoms with E-state index in [1.807, 2.05) is 58.9 Å². The summed E-state index contributed by atoms with van der Waals surface area (Å²) >= 11 is 12.7. The lowest BCUT2D eigenvalue weighted by Crippen LogP contribution is -2.53. The molecule has 10 heteroatoms. The Hall–Kier alpha value is -3.07. The average molecular weight is 619 g/mol. The van der Waals surface area contributed by atoms with Gasteiger partial charge in [0.25, 0.3) is 10.0 Å². The Morgan fingerprint density at radius 2 is 1.59 bits per heavy atom. The van der Waals surface area contributed by atoms with Crippen molar-refractivity contribution in [2.75, 3.05) is 10.8 Å². The molecule has 0 spiro atoms. The molecular weight excluding hydrogens is 581 g/mol. The van der Waals surface area contributed by atoms with E-state index in [4.69, 9.17) is 23.2 Å². The fraction of sp³-hybridized carbons (Fsp3) is 0.355. The van der Waals surface area contributed by atoms with Gasteiger partial charge in [0.1, 0.15) is 12.6 Å². The van der Waals surface area contributed by atoms with Crippen LogP contribution in [0.1, 0.15) is 50.3 Å². The van der Waals surface area contributed by atoms with Crippen LogP contribution in [0.5, 0.6) is 0 Å². The Balaban J connectivity index is 2.11. The van der Waals surface area contributed by atoms with Crippen LogP contribution in [0, 0.1) is 13.8 Å². The van der Waals surface area contributed by atoms with Gasteiger partial charge in [-0.15, -0.1) is 0 Å². The molecule has 2 atom stereocenters. The minimum atomic E-state index is -4.25. The van der Waals surface area contributed by atoms with Crippen molar-refractivity contribution in [1.29, 1.82) is 0 Å². The van der Waals surface area contributed by atoms with Crippen molar-refractivity contribution in [3.05, 3.63) is 93.5 Å². The van der Waals surface area contributed by atoms with Crippen molar-refractivity contribution in [2.45, 2.75) is 71.0 Å². The van der Waals surface area contributed by atoms with Gasteiger partial charge in [0.05, 0.1) is 15.6 Å². The highest BCUT2D eigenvalue weighted by molar-refractivity contribution is 7.92. The van der Waals surface area contributed by atoms with Crippen LogP contribution >= 0.6 is 23.2 Å². The van der Waals surface area contributed by atoms with E-state index >= 15 is 0 Å². The first-order valence-corrected chi connectivity index (χ1v) is 15.8. The minimum Gasteiger partial charge on any atom is -0.352 e. The lowest BCUT2D eigenvalue weighted by atomic mass is 10.1. The number of amides is 2. The highest BCUT2D eigenvalue weighted by Gasteiger charge is 2.35. The topological polar surface area (TPSA) is 86.8 Å². The Kier molecular flexibility index (Phi) is 11.2. The maximum atomic E-state index is 14.2. The molecule has 3 aromatic rings. The summed E-state index contributed by atoms with van der Waals surface area (Å²) in [6.07, 6.45) is 1.06. The van der Waals surface area contributed by atoms with Gasteiger partial charge >= 0.3 is 0 Å². The van der Waals surface area contributed by atoms with Crippen molar-refractivity contribution in [2.24, 2.45) is 0 Å². The maximum absolute atomic E-state index is 14.2. The summed E-state index contributed by atoms with van der Waals surface area (Å²) in [5.41, 5.74) is 2.75. The van der Waals surface area contributed by atoms with Gasteiger partial charge in [-0.05, 0) is 75.1 Å². The molecule has 1 N–H and O–H groups in total. The number of halogens is 2. The number of hydrogen-bond acceptors (Lipinski definition) is 4. The number of hydrogen-bond donors (Lipinski definition) is 1. The van der Waals surface area contributed by atoms with Crippen molar-refractivity contribution < 1.29 is 18.0 Å². The number of sulfonamides is 1. The zero-order valence-corrected chi connectivity index (χ0v) is 26.4. The molecule has 0 saturated heterocycles. The largest absolute Gasteiger partial charge is 0.352 e. The summed E-state index contributed by atoms with van der Waals surface area (Å²) in [6, 6.07) is 17.5. The van der Waals surface area contributed by atoms with Crippen LogP contribution < -0.4 is 9.62 Å². The Morgan fingerprint density at radius 3 is 2.20 bits per heavy atom. The third-order valence-corrected chi connectivity index (χ3v) is 9.38. The first kappa shape index (κ1) is 32.4. The number of carbonyl (C=O) groups is 2. The summed E-state index contributed by atoms with van der Waals surface area (Å²) < 4.78 is 29.0. The molecule has 3 rings (SSSR count). The monoisotopic (exact) mass is 617 g/mol. The molecule has 0 aromatic heterocycles. The van der Waals surface area contributed by atoms with Gasteiger partial charge in [0.2, 0.25) is 11.8 Å². The fourth-order valence-corrected chi connectivity index (χ4v) is 6.22. The number of carbonyl (C=O) groups excluding carboxylic acids is 2. The third-order valence-electron chi connectivity index (χ3n) is 7.05. The summed E-state index contributed by atoms with van der Waals surface area (Å²) in [5, 5.41) is 3.35. The Bertz CT molecular complexity index is 1480. The molecule has 0 radical (unpaired) electrons. The van der Waals surface area contributed by atoms with E-state index in [0.717, 1.165) is 27.4 Å². The third kappa shape index (κ3) is 8.03. The van der Waals surface area contributed by atoms with E-state index in [-0.39, 0.29) is 39.1 Å². The number of rotatable bonds is 12. The van der Waals surface area contributed by atoms with Gasteiger partial charge in [0.15, 0.2) is 0 Å². The molecule has 0 aliphatic carbocycles. The van der Waals surface area contributed by atoms with E-state index in [9.17, 15) is 18.0 Å². The standard InChI is InChI=1S/C31H37Cl2N3O4S/c1-6-23(5)34-31(38)28(7-2)35(19-24-11-9-8-10-22(24)4)30(37)20-36(29-18-25(32)14-17-27(29)33)41(39,40)26-15-12-21(3)13-16-26/h8-18,23,28H,6-7,19-20H2,1-5H3,(H,34,38). The molecule has 220 valence electrons. The summed E-state index contributed by atoms with van der Waals surface area (Å²) in [7, 11) is -4.25. The van der Waals surface area contributed by atoms with Crippen molar-refractivity contribution in [3.8, 4) is 0 Å². The van der Waals surface area contributed by atoms with E-state index in [0.29, 0.717) is 6.42 Å². The second kappa shape index (κ2) is 14.2. The van der Waals surface area contributed by atoms with E-state index < -0.39 is 28.5 Å². The molecule has 0 aliphatic heterocycles. The number of benzene rings is 3. The smallest absolute Gasteiger partial charge is 0.264 e. The van der Waals surface area contributed by atoms with E-state index in [2.05, 4.69) is 5.32 Å². The van der Waals surface area contributed by atoms with Crippen molar-refractivity contribution >= 4 is 50.7 Å². The first-order chi connectivity index (χ1) is 19.4. The van der Waals surface area contributed by atoms with Crippen LogP contribution in [0.2, 0.25) is 10.0 Å². The highest BCUT2D eigenvalue weighted by atomic mass is 35.5. The second-order valence-corrected chi connectivity index (χ2v) is 12.8. The highest BCUT2D eigenvalue weighted by Crippen LogP contribution is 2.33. The summed E-state index contributed by atoms with van der Waals surface area (Å²) in [4.78, 5) is 29.0. The lowest BCUT2D eigenvalue weighted by Gasteiger charge is -2.34. The molecule has 0 fully saturated rings. The fourth-order valence-electron chi connectivity index (χ4n) is 4.36. The van der Waals surface area contributed by atoms with Gasteiger partial charge in [-0.25, -0.2) is 8.42 Å². The maximum Gasteiger partial charge on any atom is 0.264 e. The van der Waals surface area contributed by atoms with Crippen LogP contribution in [0.4, 0.5) is 5.69 Å². The molecule has 0 aliphatic rings. The van der Waals surface area contributed by atoms with Gasteiger partial charge in [0, 0.05) is 17.6 Å². The first-order valence-electron chi connectivity index (χ1n) is 13.6. The molecule has 41 heavy (non-hydrogen) atoms. The second-order valence-electron chi connectivity index (χ2n) is 10.1. The number of aryl methyl sites for hydroxylation is 2. The predicted octanol–water partition coefficient (Wildman–Crippen LogP) is 6.53. The molecule has 2 unspecified atom stereocenters. The van der Waals surface area contributed by atoms with Gasteiger partial charge in [-0.1, -0.05) is 79.0 Å². The van der Waals surface area contributed by atoms with Gasteiger partial charge < -0.3 is 10.2 Å². The van der Waals surface area contributed by atoms with Gasteiger partial charge in [-0.2, -0.15) is 0 Å². The molecular formula is C31H37Cl2N3O4S. The number of nitrogens with one attached hydrogen (secondary N) is 1. The van der Waals surface area contributed by atoms with Crippen LogP contribution in [0.15, 0.2) is 71.6 Å². The molecule has 7 nitrogen and oxygen atoms in total. The Morgan fingerprint density at radius 1 is 0.927 bits per heavy atom. The van der Waals surface area contributed by atoms with Crippen LogP contribution in [0.25, 0.3) is 0 Å². The van der Waals surface area contributed by atoms with Gasteiger partial charge in [-0.3, -0.25) is 13.9 Å². The predicted molar refractivity (Wildman–Crippen MR) is 166 cm³/mol. The van der Waals surface area contributed by atoms with Crippen molar-refractivity contribution in [3.63, 3.8) is 0 Å². The zero-order chi connectivity index (χ0) is 30.3. The van der Waals surface area contributed by atoms with E-state index in [1.165, 1.54) is 29.2 Å². The lowest BCUT2D eigenvalue weighted by molar-refractivity contribution is -0.140. The van der Waals surface area contributed by atoms with Crippen LogP contribution in [-0.2, 0) is 26.2 Å². The SMILES string of the molecule is CCC(C)NC(=O)C(CC)N(Cc1ccccc1C)C(=O)CN(c1cc(Cl)ccc1Cl)S(=O)(=O)c1ccc(C)cc1. The number of anilines is 1. The normalized spacial score (nSPS) is 12.9. The van der Waals surface area contributed by atoms with E-state index in [1.54, 1.807) is 18.2 Å². The van der Waals surface area contributed by atoms with Crippen LogP contribution in [-0.4, -0.2) is 43.8 Å². The van der Waals surface area contributed by atoms with Crippen LogP contribution in [0.3, 0.4) is 0 Å². The molecule has 3 aromatic carbocycles. The summed E-state index contributed by atoms with van der Waals surface area (Å²) in [6.45, 7) is 9.00. The Labute approximate surface area is 253 Å². The molecule has 0 bridgehead atoms. The quantitative estimate of drug-likeness (QED) is 0.250. The molecule has 0 heterocycles. The summed E-state index contributed by atoms with van der Waals surface area (Å²) in [5.74, 6) is -0.844. The zero-order valence-electron chi connectivity index (χ0n) is 24.0. The molecule has 0 saturated carbocycles. The van der Waals surface area contributed by atoms with Crippen molar-refractivity contribution in [1.82, 2.24) is 10.2 Å². The number of nitrogens with zero attached hydrogens (tertiary/aromatic N) is 2. The minimum absolute atomic E-state index is 0.000971. The average Bonchev–Trinajstić information content (AvgIpc) is 2.94.